The molecule has 32 heavy (non-hydrogen) atoms. The molecule has 3 aromatic heterocycles. The molecule has 5 rings (SSSR count). The molecule has 1 saturated carbocycles. The summed E-state index contributed by atoms with van der Waals surface area (Å²) in [5, 5.41) is 13.5. The Morgan fingerprint density at radius 2 is 1.97 bits per heavy atom. The fraction of sp³-hybridized carbons (Fsp3) is 0.304. The molecular weight excluding hydrogens is 418 g/mol. The number of benzene rings is 1. The van der Waals surface area contributed by atoms with Crippen LogP contribution in [0.4, 0.5) is 14.6 Å². The number of halogens is 2. The Bertz CT molecular complexity index is 1360. The number of pyridine rings is 2. The molecule has 1 aliphatic carbocycles. The highest BCUT2D eigenvalue weighted by Gasteiger charge is 2.30. The highest BCUT2D eigenvalue weighted by atomic mass is 19.3. The molecule has 0 bridgehead atoms. The van der Waals surface area contributed by atoms with Gasteiger partial charge in [0, 0.05) is 29.1 Å². The Kier molecular flexibility index (Phi) is 4.67. The maximum Gasteiger partial charge on any atom is 0.281 e. The van der Waals surface area contributed by atoms with E-state index in [-0.39, 0.29) is 28.9 Å². The normalized spacial score (nSPS) is 14.4. The fourth-order valence-electron chi connectivity index (χ4n) is 3.57. The van der Waals surface area contributed by atoms with Gasteiger partial charge in [0.1, 0.15) is 17.0 Å². The van der Waals surface area contributed by atoms with Gasteiger partial charge in [0.2, 0.25) is 11.8 Å². The number of carbonyl (C=O) groups excluding carboxylic acids is 1. The second kappa shape index (κ2) is 7.30. The van der Waals surface area contributed by atoms with Crippen molar-refractivity contribution in [1.29, 1.82) is 0 Å². The molecule has 0 spiro atoms. The predicted octanol–water partition coefficient (Wildman–Crippen LogP) is 4.95. The van der Waals surface area contributed by atoms with Crippen molar-refractivity contribution in [3.05, 3.63) is 47.9 Å². The quantitative estimate of drug-likeness (QED) is 0.457. The Balaban J connectivity index is 1.65. The molecule has 4 aromatic rings. The van der Waals surface area contributed by atoms with Crippen molar-refractivity contribution in [2.24, 2.45) is 5.92 Å². The maximum absolute atomic E-state index is 13.6. The first kappa shape index (κ1) is 20.4. The van der Waals surface area contributed by atoms with Gasteiger partial charge in [-0.1, -0.05) is 6.07 Å². The summed E-state index contributed by atoms with van der Waals surface area (Å²) in [6.07, 6.45) is 1.44. The van der Waals surface area contributed by atoms with Gasteiger partial charge in [-0.2, -0.15) is 0 Å². The summed E-state index contributed by atoms with van der Waals surface area (Å²) < 4.78 is 33.0. The third kappa shape index (κ3) is 3.69. The van der Waals surface area contributed by atoms with E-state index in [0.29, 0.717) is 27.6 Å². The van der Waals surface area contributed by atoms with E-state index in [9.17, 15) is 18.7 Å². The number of hydrogen-bond acceptors (Lipinski definition) is 6. The number of carbonyl (C=O) groups is 1. The molecule has 0 atom stereocenters. The van der Waals surface area contributed by atoms with Gasteiger partial charge in [-0.05, 0) is 50.5 Å². The minimum atomic E-state index is -2.79. The summed E-state index contributed by atoms with van der Waals surface area (Å²) in [6, 6.07) is 6.69. The summed E-state index contributed by atoms with van der Waals surface area (Å²) in [5.41, 5.74) is 0.597. The number of rotatable bonds is 5. The maximum atomic E-state index is 13.6. The van der Waals surface area contributed by atoms with Gasteiger partial charge < -0.3 is 14.8 Å². The number of nitrogens with zero attached hydrogens (tertiary/aromatic N) is 3. The lowest BCUT2D eigenvalue weighted by Gasteiger charge is -2.16. The van der Waals surface area contributed by atoms with E-state index in [4.69, 9.17) is 4.42 Å². The van der Waals surface area contributed by atoms with Crippen LogP contribution in [-0.4, -0.2) is 26.0 Å². The number of amides is 1. The van der Waals surface area contributed by atoms with Gasteiger partial charge in [-0.15, -0.1) is 0 Å². The molecule has 1 aromatic carbocycles. The van der Waals surface area contributed by atoms with Crippen molar-refractivity contribution in [3.63, 3.8) is 0 Å². The zero-order chi connectivity index (χ0) is 22.6. The van der Waals surface area contributed by atoms with Crippen molar-refractivity contribution in [3.8, 4) is 11.5 Å². The van der Waals surface area contributed by atoms with Crippen molar-refractivity contribution in [2.45, 2.75) is 38.7 Å². The topological polar surface area (TPSA) is 101 Å². The van der Waals surface area contributed by atoms with Gasteiger partial charge in [-0.25, -0.2) is 18.7 Å². The monoisotopic (exact) mass is 438 g/mol. The minimum Gasteiger partial charge on any atom is -0.436 e. The first-order valence-corrected chi connectivity index (χ1v) is 10.2. The molecule has 1 amide bonds. The van der Waals surface area contributed by atoms with Crippen LogP contribution < -0.4 is 5.32 Å². The summed E-state index contributed by atoms with van der Waals surface area (Å²) >= 11 is 0. The third-order valence-electron chi connectivity index (χ3n) is 5.53. The highest BCUT2D eigenvalue weighted by Crippen LogP contribution is 2.36. The lowest BCUT2D eigenvalue weighted by molar-refractivity contribution is -0.117. The van der Waals surface area contributed by atoms with Gasteiger partial charge in [0.15, 0.2) is 5.58 Å². The number of alkyl halides is 2. The zero-order valence-electron chi connectivity index (χ0n) is 17.4. The molecule has 1 fully saturated rings. The number of aromatic nitrogens is 3. The Morgan fingerprint density at radius 3 is 2.66 bits per heavy atom. The van der Waals surface area contributed by atoms with Crippen LogP contribution in [0.1, 0.15) is 44.4 Å². The summed E-state index contributed by atoms with van der Waals surface area (Å²) in [4.78, 5) is 24.7. The van der Waals surface area contributed by atoms with E-state index in [1.165, 1.54) is 18.5 Å². The number of aliphatic hydroxyl groups is 1. The van der Waals surface area contributed by atoms with E-state index < -0.39 is 17.7 Å². The largest absolute Gasteiger partial charge is 0.436 e. The number of anilines is 1. The average Bonchev–Trinajstić information content (AvgIpc) is 3.50. The summed E-state index contributed by atoms with van der Waals surface area (Å²) in [6.45, 7) is 3.33. The molecule has 0 aliphatic heterocycles. The first-order valence-electron chi connectivity index (χ1n) is 10.2. The molecule has 3 heterocycles. The third-order valence-corrected chi connectivity index (χ3v) is 5.53. The van der Waals surface area contributed by atoms with Crippen LogP contribution >= 0.6 is 0 Å². The second-order valence-electron chi connectivity index (χ2n) is 8.50. The molecule has 2 N–H and O–H groups in total. The summed E-state index contributed by atoms with van der Waals surface area (Å²) in [5.74, 6) is 0.296. The molecular formula is C23H20F2N4O3. The number of nitrogens with one attached hydrogen (secondary N) is 1. The van der Waals surface area contributed by atoms with Gasteiger partial charge in [-0.3, -0.25) is 9.78 Å². The number of hydrogen-bond donors (Lipinski definition) is 2. The van der Waals surface area contributed by atoms with E-state index >= 15 is 0 Å². The second-order valence-corrected chi connectivity index (χ2v) is 8.50. The van der Waals surface area contributed by atoms with Gasteiger partial charge in [0.05, 0.1) is 11.2 Å². The molecule has 164 valence electrons. The SMILES string of the molecule is CC(C)(O)c1ccc2oc(-c3cnc(C(F)F)c4cnc(NC(=O)C5CC5)cc34)nc2c1. The van der Waals surface area contributed by atoms with Crippen LogP contribution in [0.5, 0.6) is 0 Å². The van der Waals surface area contributed by atoms with Gasteiger partial charge >= 0.3 is 0 Å². The fourth-order valence-corrected chi connectivity index (χ4v) is 3.57. The number of fused-ring (bicyclic) bond motifs is 2. The zero-order valence-corrected chi connectivity index (χ0v) is 17.4. The molecule has 7 nitrogen and oxygen atoms in total. The van der Waals surface area contributed by atoms with Crippen molar-refractivity contribution in [1.82, 2.24) is 15.0 Å². The lowest BCUT2D eigenvalue weighted by Crippen LogP contribution is -2.14. The van der Waals surface area contributed by atoms with Crippen LogP contribution in [0, 0.1) is 5.92 Å². The highest BCUT2D eigenvalue weighted by molar-refractivity contribution is 6.00. The van der Waals surface area contributed by atoms with Gasteiger partial charge in [0.25, 0.3) is 6.43 Å². The Labute approximate surface area is 181 Å². The van der Waals surface area contributed by atoms with E-state index in [2.05, 4.69) is 20.3 Å². The minimum absolute atomic E-state index is 0.0250. The molecule has 9 heteroatoms. The lowest BCUT2D eigenvalue weighted by atomic mass is 9.98. The smallest absolute Gasteiger partial charge is 0.281 e. The van der Waals surface area contributed by atoms with E-state index in [0.717, 1.165) is 12.8 Å². The molecule has 0 unspecified atom stereocenters. The average molecular weight is 438 g/mol. The Hall–Kier alpha value is -3.46. The molecule has 1 aliphatic rings. The van der Waals surface area contributed by atoms with Crippen LogP contribution in [0.25, 0.3) is 33.3 Å². The van der Waals surface area contributed by atoms with Crippen LogP contribution in [-0.2, 0) is 10.4 Å². The van der Waals surface area contributed by atoms with Crippen LogP contribution in [0.3, 0.4) is 0 Å². The van der Waals surface area contributed by atoms with Crippen molar-refractivity contribution < 1.29 is 23.1 Å². The Morgan fingerprint density at radius 1 is 1.19 bits per heavy atom. The molecule has 0 saturated heterocycles. The standard InChI is InChI=1S/C23H20F2N4O3/c1-23(2,31)12-5-6-17-16(7-12)28-22(32-17)15-10-27-19(20(24)25)14-9-26-18(8-13(14)15)29-21(30)11-3-4-11/h5-11,20,31H,3-4H2,1-2H3,(H,26,29,30). The summed E-state index contributed by atoms with van der Waals surface area (Å²) in [7, 11) is 0. The van der Waals surface area contributed by atoms with Crippen LogP contribution in [0.15, 0.2) is 41.1 Å². The van der Waals surface area contributed by atoms with Crippen molar-refractivity contribution in [2.75, 3.05) is 5.32 Å². The van der Waals surface area contributed by atoms with E-state index in [1.54, 1.807) is 32.0 Å². The predicted molar refractivity (Wildman–Crippen MR) is 114 cm³/mol. The molecule has 0 radical (unpaired) electrons. The number of oxazole rings is 1. The first-order chi connectivity index (χ1) is 15.2. The van der Waals surface area contributed by atoms with Crippen LogP contribution in [0.2, 0.25) is 0 Å². The van der Waals surface area contributed by atoms with Crippen molar-refractivity contribution >= 4 is 33.6 Å². The van der Waals surface area contributed by atoms with E-state index in [1.807, 2.05) is 0 Å².